The molecular formula is C20H23ClN4OS. The van der Waals surface area contributed by atoms with Gasteiger partial charge in [0.05, 0.1) is 29.6 Å². The Bertz CT molecular complexity index is 872. The second-order valence-electron chi connectivity index (χ2n) is 6.64. The zero-order chi connectivity index (χ0) is 18.6. The molecule has 1 N–H and O–H groups in total. The number of ether oxygens (including phenoxy) is 1. The van der Waals surface area contributed by atoms with Gasteiger partial charge in [-0.3, -0.25) is 10.00 Å². The van der Waals surface area contributed by atoms with Gasteiger partial charge in [0.25, 0.3) is 0 Å². The normalized spacial score (nSPS) is 15.3. The van der Waals surface area contributed by atoms with Crippen molar-refractivity contribution >= 4 is 28.6 Å². The smallest absolute Gasteiger partial charge is 0.142 e. The molecule has 27 heavy (non-hydrogen) atoms. The number of rotatable bonds is 6. The first-order valence-electron chi connectivity index (χ1n) is 9.11. The number of benzene rings is 1. The fraction of sp³-hybridized carbons (Fsp3) is 0.350. The van der Waals surface area contributed by atoms with Crippen LogP contribution in [0.3, 0.4) is 0 Å². The highest BCUT2D eigenvalue weighted by Crippen LogP contribution is 2.32. The first-order valence-corrected chi connectivity index (χ1v) is 10.4. The molecule has 0 saturated carbocycles. The Labute approximate surface area is 168 Å². The summed E-state index contributed by atoms with van der Waals surface area (Å²) in [6.07, 6.45) is 2.96. The fourth-order valence-corrected chi connectivity index (χ4v) is 4.46. The van der Waals surface area contributed by atoms with Crippen molar-refractivity contribution in [1.29, 1.82) is 0 Å². The monoisotopic (exact) mass is 402 g/mol. The first-order chi connectivity index (χ1) is 13.2. The van der Waals surface area contributed by atoms with Crippen LogP contribution in [0.25, 0.3) is 10.6 Å². The third-order valence-corrected chi connectivity index (χ3v) is 6.16. The van der Waals surface area contributed by atoms with Crippen LogP contribution < -0.4 is 9.64 Å². The van der Waals surface area contributed by atoms with Crippen LogP contribution in [0.15, 0.2) is 41.9 Å². The third-order valence-electron chi connectivity index (χ3n) is 5.04. The van der Waals surface area contributed by atoms with Crippen LogP contribution in [-0.4, -0.2) is 54.9 Å². The van der Waals surface area contributed by atoms with Crippen molar-refractivity contribution in [3.05, 3.63) is 52.5 Å². The van der Waals surface area contributed by atoms with Crippen molar-refractivity contribution < 1.29 is 4.74 Å². The molecule has 5 nitrogen and oxygen atoms in total. The molecular weight excluding hydrogens is 380 g/mol. The van der Waals surface area contributed by atoms with Crippen LogP contribution in [0.4, 0.5) is 5.69 Å². The molecule has 0 atom stereocenters. The number of nitrogens with one attached hydrogen (secondary N) is 1. The molecule has 0 bridgehead atoms. The number of aromatic amines is 1. The molecule has 1 fully saturated rings. The average molecular weight is 403 g/mol. The Hall–Kier alpha value is -2.02. The summed E-state index contributed by atoms with van der Waals surface area (Å²) in [6.45, 7) is 5.04. The quantitative estimate of drug-likeness (QED) is 0.672. The summed E-state index contributed by atoms with van der Waals surface area (Å²) in [5, 5.41) is 10.2. The number of nitrogens with zero attached hydrogens (tertiary/aromatic N) is 3. The highest BCUT2D eigenvalue weighted by Gasteiger charge is 2.20. The average Bonchev–Trinajstić information content (AvgIpc) is 3.38. The van der Waals surface area contributed by atoms with Gasteiger partial charge in [-0.2, -0.15) is 5.10 Å². The molecule has 142 valence electrons. The molecule has 1 saturated heterocycles. The Morgan fingerprint density at radius 1 is 1.22 bits per heavy atom. The number of thiophene rings is 1. The molecule has 2 aromatic heterocycles. The SMILES string of the molecule is COc1ccc(Cl)cc1N1CCN(CCc2cn[nH]c2-c2cccs2)CC1. The summed E-state index contributed by atoms with van der Waals surface area (Å²) < 4.78 is 5.50. The number of hydrogen-bond donors (Lipinski definition) is 1. The van der Waals surface area contributed by atoms with Gasteiger partial charge in [0.15, 0.2) is 0 Å². The number of piperazine rings is 1. The van der Waals surface area contributed by atoms with E-state index in [0.717, 1.165) is 61.3 Å². The van der Waals surface area contributed by atoms with E-state index in [1.54, 1.807) is 18.4 Å². The number of methoxy groups -OCH3 is 1. The lowest BCUT2D eigenvalue weighted by Gasteiger charge is -2.36. The van der Waals surface area contributed by atoms with E-state index in [9.17, 15) is 0 Å². The minimum atomic E-state index is 0.745. The standard InChI is InChI=1S/C20H23ClN4OS/c1-26-18-5-4-16(21)13-17(18)25-10-8-24(9-11-25)7-6-15-14-22-23-20(15)19-3-2-12-27-19/h2-5,12-14H,6-11H2,1H3,(H,22,23). The van der Waals surface area contributed by atoms with Crippen LogP contribution in [0.2, 0.25) is 5.02 Å². The molecule has 1 aliphatic rings. The number of hydrogen-bond acceptors (Lipinski definition) is 5. The van der Waals surface area contributed by atoms with E-state index in [0.29, 0.717) is 0 Å². The minimum Gasteiger partial charge on any atom is -0.495 e. The molecule has 0 aliphatic carbocycles. The van der Waals surface area contributed by atoms with Crippen molar-refractivity contribution in [3.63, 3.8) is 0 Å². The molecule has 0 unspecified atom stereocenters. The van der Waals surface area contributed by atoms with E-state index >= 15 is 0 Å². The minimum absolute atomic E-state index is 0.745. The lowest BCUT2D eigenvalue weighted by Crippen LogP contribution is -2.47. The van der Waals surface area contributed by atoms with E-state index in [1.807, 2.05) is 24.4 Å². The molecule has 0 radical (unpaired) electrons. The van der Waals surface area contributed by atoms with Crippen LogP contribution in [0.1, 0.15) is 5.56 Å². The molecule has 4 rings (SSSR count). The molecule has 3 aromatic rings. The molecule has 0 amide bonds. The number of halogens is 1. The van der Waals surface area contributed by atoms with Gasteiger partial charge in [-0.25, -0.2) is 0 Å². The maximum Gasteiger partial charge on any atom is 0.142 e. The maximum absolute atomic E-state index is 6.18. The lowest BCUT2D eigenvalue weighted by atomic mass is 10.1. The summed E-state index contributed by atoms with van der Waals surface area (Å²) in [5.41, 5.74) is 3.53. The van der Waals surface area contributed by atoms with Gasteiger partial charge in [-0.1, -0.05) is 17.7 Å². The summed E-state index contributed by atoms with van der Waals surface area (Å²) in [6, 6.07) is 10.0. The van der Waals surface area contributed by atoms with Gasteiger partial charge in [0.1, 0.15) is 5.75 Å². The van der Waals surface area contributed by atoms with Crippen molar-refractivity contribution in [1.82, 2.24) is 15.1 Å². The summed E-state index contributed by atoms with van der Waals surface area (Å²) in [4.78, 5) is 6.12. The van der Waals surface area contributed by atoms with Gasteiger partial charge in [0, 0.05) is 37.7 Å². The fourth-order valence-electron chi connectivity index (χ4n) is 3.54. The lowest BCUT2D eigenvalue weighted by molar-refractivity contribution is 0.260. The van der Waals surface area contributed by atoms with E-state index in [-0.39, 0.29) is 0 Å². The van der Waals surface area contributed by atoms with Gasteiger partial charge in [-0.15, -0.1) is 11.3 Å². The highest BCUT2D eigenvalue weighted by molar-refractivity contribution is 7.13. The van der Waals surface area contributed by atoms with Crippen molar-refractivity contribution in [3.8, 4) is 16.3 Å². The Balaban J connectivity index is 1.34. The van der Waals surface area contributed by atoms with Gasteiger partial charge in [-0.05, 0) is 41.6 Å². The topological polar surface area (TPSA) is 44.4 Å². The summed E-state index contributed by atoms with van der Waals surface area (Å²) in [5.74, 6) is 0.881. The van der Waals surface area contributed by atoms with Crippen molar-refractivity contribution in [2.75, 3.05) is 44.7 Å². The summed E-state index contributed by atoms with van der Waals surface area (Å²) in [7, 11) is 1.71. The number of aromatic nitrogens is 2. The van der Waals surface area contributed by atoms with Crippen LogP contribution >= 0.6 is 22.9 Å². The van der Waals surface area contributed by atoms with Crippen molar-refractivity contribution in [2.24, 2.45) is 0 Å². The van der Waals surface area contributed by atoms with E-state index in [4.69, 9.17) is 16.3 Å². The van der Waals surface area contributed by atoms with E-state index in [1.165, 1.54) is 10.4 Å². The number of anilines is 1. The van der Waals surface area contributed by atoms with Crippen LogP contribution in [0, 0.1) is 0 Å². The predicted octanol–water partition coefficient (Wildman–Crippen LogP) is 4.16. The number of H-pyrrole nitrogens is 1. The molecule has 1 aromatic carbocycles. The Morgan fingerprint density at radius 2 is 2.07 bits per heavy atom. The predicted molar refractivity (Wildman–Crippen MR) is 112 cm³/mol. The van der Waals surface area contributed by atoms with Gasteiger partial charge < -0.3 is 9.64 Å². The maximum atomic E-state index is 6.18. The molecule has 7 heteroatoms. The molecule has 1 aliphatic heterocycles. The van der Waals surface area contributed by atoms with Crippen LogP contribution in [0.5, 0.6) is 5.75 Å². The van der Waals surface area contributed by atoms with Gasteiger partial charge >= 0.3 is 0 Å². The first kappa shape index (κ1) is 18.3. The third kappa shape index (κ3) is 4.13. The zero-order valence-corrected chi connectivity index (χ0v) is 16.9. The Kier molecular flexibility index (Phi) is 5.66. The molecule has 3 heterocycles. The van der Waals surface area contributed by atoms with Gasteiger partial charge in [0.2, 0.25) is 0 Å². The molecule has 0 spiro atoms. The highest BCUT2D eigenvalue weighted by atomic mass is 35.5. The second kappa shape index (κ2) is 8.33. The Morgan fingerprint density at radius 3 is 2.81 bits per heavy atom. The van der Waals surface area contributed by atoms with Crippen molar-refractivity contribution in [2.45, 2.75) is 6.42 Å². The van der Waals surface area contributed by atoms with E-state index in [2.05, 4.69) is 37.5 Å². The largest absolute Gasteiger partial charge is 0.495 e. The zero-order valence-electron chi connectivity index (χ0n) is 15.3. The second-order valence-corrected chi connectivity index (χ2v) is 8.03. The summed E-state index contributed by atoms with van der Waals surface area (Å²) >= 11 is 7.93. The van der Waals surface area contributed by atoms with Crippen LogP contribution in [-0.2, 0) is 6.42 Å². The van der Waals surface area contributed by atoms with E-state index < -0.39 is 0 Å².